The lowest BCUT2D eigenvalue weighted by Gasteiger charge is -2.23. The smallest absolute Gasteiger partial charge is 0.387 e. The second-order valence-corrected chi connectivity index (χ2v) is 16.3. The number of unbranched alkanes of at least 4 members (excludes halogenated alkanes) is 17. The molecular formula is C48H85N2O6P. The lowest BCUT2D eigenvalue weighted by Crippen LogP contribution is -2.45. The van der Waals surface area contributed by atoms with E-state index in [1.807, 2.05) is 6.08 Å². The Hall–Kier alpha value is -2.32. The highest BCUT2D eigenvalue weighted by atomic mass is 31.2. The van der Waals surface area contributed by atoms with Gasteiger partial charge in [-0.1, -0.05) is 189 Å². The number of nitrogens with one attached hydrogen (secondary N) is 1. The van der Waals surface area contributed by atoms with E-state index in [1.54, 1.807) is 6.08 Å². The average Bonchev–Trinajstić information content (AvgIpc) is 3.20. The molecule has 0 saturated carbocycles. The first-order chi connectivity index (χ1) is 27.9. The number of phosphoric ester groups is 1. The van der Waals surface area contributed by atoms with Crippen molar-refractivity contribution in [1.29, 1.82) is 0 Å². The minimum atomic E-state index is -4.37. The number of aliphatic hydroxyl groups is 1. The molecule has 0 aromatic carbocycles. The van der Waals surface area contributed by atoms with Gasteiger partial charge in [0, 0.05) is 13.0 Å². The first-order valence-corrected chi connectivity index (χ1v) is 24.2. The molecular weight excluding hydrogens is 732 g/mol. The van der Waals surface area contributed by atoms with Crippen molar-refractivity contribution in [2.45, 2.75) is 193 Å². The molecule has 8 nitrogen and oxygen atoms in total. The normalized spacial score (nSPS) is 14.8. The largest absolute Gasteiger partial charge is 0.472 e. The molecule has 0 aliphatic carbocycles. The number of hydrogen-bond donors (Lipinski definition) is 4. The number of rotatable bonds is 41. The Morgan fingerprint density at radius 3 is 1.56 bits per heavy atom. The predicted octanol–water partition coefficient (Wildman–Crippen LogP) is 13.0. The van der Waals surface area contributed by atoms with Crippen molar-refractivity contribution in [2.24, 2.45) is 5.73 Å². The van der Waals surface area contributed by atoms with Gasteiger partial charge < -0.3 is 21.1 Å². The molecule has 1 amide bonds. The summed E-state index contributed by atoms with van der Waals surface area (Å²) in [6, 6.07) is -0.912. The molecule has 0 saturated heterocycles. The molecule has 57 heavy (non-hydrogen) atoms. The summed E-state index contributed by atoms with van der Waals surface area (Å²) in [6.07, 6.45) is 57.9. The summed E-state index contributed by atoms with van der Waals surface area (Å²) in [5.41, 5.74) is 5.37. The molecule has 3 atom stereocenters. The van der Waals surface area contributed by atoms with E-state index in [9.17, 15) is 19.4 Å². The number of phosphoric acid groups is 1. The molecule has 0 fully saturated rings. The van der Waals surface area contributed by atoms with E-state index < -0.39 is 20.0 Å². The molecule has 0 radical (unpaired) electrons. The minimum absolute atomic E-state index is 0.0608. The van der Waals surface area contributed by atoms with Crippen LogP contribution in [0.5, 0.6) is 0 Å². The van der Waals surface area contributed by atoms with Crippen molar-refractivity contribution in [1.82, 2.24) is 5.32 Å². The van der Waals surface area contributed by atoms with Crippen molar-refractivity contribution in [2.75, 3.05) is 19.8 Å². The highest BCUT2D eigenvalue weighted by Gasteiger charge is 2.26. The van der Waals surface area contributed by atoms with Crippen LogP contribution in [-0.2, 0) is 18.4 Å². The number of hydrogen-bond acceptors (Lipinski definition) is 6. The van der Waals surface area contributed by atoms with Gasteiger partial charge in [0.05, 0.1) is 25.4 Å². The van der Waals surface area contributed by atoms with Crippen LogP contribution in [0, 0.1) is 0 Å². The van der Waals surface area contributed by atoms with Crippen LogP contribution in [0.15, 0.2) is 85.1 Å². The molecule has 5 N–H and O–H groups in total. The quantitative estimate of drug-likeness (QED) is 0.0274. The Morgan fingerprint density at radius 2 is 1.04 bits per heavy atom. The van der Waals surface area contributed by atoms with Crippen molar-refractivity contribution >= 4 is 13.7 Å². The zero-order chi connectivity index (χ0) is 41.8. The summed E-state index contributed by atoms with van der Waals surface area (Å²) in [4.78, 5) is 22.7. The molecule has 0 heterocycles. The number of nitrogens with two attached hydrogens (primary N) is 1. The Bertz CT molecular complexity index is 1160. The zero-order valence-corrected chi connectivity index (χ0v) is 37.2. The Labute approximate surface area is 349 Å². The fraction of sp³-hybridized carbons (Fsp3) is 0.688. The third kappa shape index (κ3) is 41.6. The Balaban J connectivity index is 4.34. The maximum Gasteiger partial charge on any atom is 0.472 e. The van der Waals surface area contributed by atoms with E-state index in [1.165, 1.54) is 96.3 Å². The Morgan fingerprint density at radius 1 is 0.596 bits per heavy atom. The van der Waals surface area contributed by atoms with Gasteiger partial charge in [-0.15, -0.1) is 0 Å². The van der Waals surface area contributed by atoms with Gasteiger partial charge in [-0.2, -0.15) is 0 Å². The van der Waals surface area contributed by atoms with Gasteiger partial charge in [-0.05, 0) is 70.6 Å². The van der Waals surface area contributed by atoms with Gasteiger partial charge in [0.2, 0.25) is 5.91 Å². The summed E-state index contributed by atoms with van der Waals surface area (Å²) < 4.78 is 22.1. The highest BCUT2D eigenvalue weighted by Crippen LogP contribution is 2.43. The molecule has 0 aromatic heterocycles. The van der Waals surface area contributed by atoms with Crippen molar-refractivity contribution in [3.63, 3.8) is 0 Å². The van der Waals surface area contributed by atoms with E-state index >= 15 is 0 Å². The molecule has 3 unspecified atom stereocenters. The van der Waals surface area contributed by atoms with Crippen LogP contribution < -0.4 is 11.1 Å². The van der Waals surface area contributed by atoms with E-state index in [-0.39, 0.29) is 32.1 Å². The van der Waals surface area contributed by atoms with Crippen LogP contribution in [0.25, 0.3) is 0 Å². The van der Waals surface area contributed by atoms with Crippen LogP contribution in [0.4, 0.5) is 0 Å². The molecule has 0 aromatic rings. The van der Waals surface area contributed by atoms with Crippen molar-refractivity contribution in [3.8, 4) is 0 Å². The number of amides is 1. The topological polar surface area (TPSA) is 131 Å². The van der Waals surface area contributed by atoms with Gasteiger partial charge in [0.15, 0.2) is 0 Å². The van der Waals surface area contributed by atoms with Crippen LogP contribution in [-0.4, -0.2) is 47.8 Å². The zero-order valence-electron chi connectivity index (χ0n) is 36.3. The summed E-state index contributed by atoms with van der Waals surface area (Å²) in [5.74, 6) is -0.263. The van der Waals surface area contributed by atoms with Gasteiger partial charge in [0.25, 0.3) is 0 Å². The summed E-state index contributed by atoms with van der Waals surface area (Å²) in [7, 11) is -4.37. The molecule has 0 rings (SSSR count). The highest BCUT2D eigenvalue weighted by molar-refractivity contribution is 7.47. The maximum absolute atomic E-state index is 12.7. The number of allylic oxidation sites excluding steroid dienone is 13. The fourth-order valence-corrected chi connectivity index (χ4v) is 6.82. The van der Waals surface area contributed by atoms with Crippen LogP contribution in [0.3, 0.4) is 0 Å². The molecule has 0 bridgehead atoms. The van der Waals surface area contributed by atoms with E-state index in [2.05, 4.69) is 92.1 Å². The lowest BCUT2D eigenvalue weighted by molar-refractivity contribution is -0.122. The third-order valence-corrected chi connectivity index (χ3v) is 10.4. The third-order valence-electron chi connectivity index (χ3n) is 9.45. The number of carbonyl (C=O) groups is 1. The van der Waals surface area contributed by atoms with Crippen LogP contribution in [0.2, 0.25) is 0 Å². The number of carbonyl (C=O) groups excluding carboxylic acids is 1. The van der Waals surface area contributed by atoms with Crippen LogP contribution >= 0.6 is 7.82 Å². The summed E-state index contributed by atoms with van der Waals surface area (Å²) in [5, 5.41) is 13.6. The minimum Gasteiger partial charge on any atom is -0.387 e. The molecule has 328 valence electrons. The van der Waals surface area contributed by atoms with E-state index in [4.69, 9.17) is 14.8 Å². The maximum atomic E-state index is 12.7. The lowest BCUT2D eigenvalue weighted by atomic mass is 10.0. The second-order valence-electron chi connectivity index (χ2n) is 14.9. The summed E-state index contributed by atoms with van der Waals surface area (Å²) >= 11 is 0. The van der Waals surface area contributed by atoms with Crippen LogP contribution in [0.1, 0.15) is 181 Å². The SMILES string of the molecule is CC/C=C\C/C=C\C/C=C\C/C=C\C/C=C\CCCC(=O)NC(COP(=O)(O)OCCN)C(O)/C=C/CC/C=C/CCCCCCCCCCCCCCCCC. The monoisotopic (exact) mass is 817 g/mol. The molecule has 9 heteroatoms. The van der Waals surface area contributed by atoms with Gasteiger partial charge in [-0.3, -0.25) is 13.8 Å². The van der Waals surface area contributed by atoms with Gasteiger partial charge in [0.1, 0.15) is 0 Å². The first-order valence-electron chi connectivity index (χ1n) is 22.7. The standard InChI is InChI=1S/C48H85N2O6P/c1-3-5-7-9-11-13-15-17-19-21-22-23-24-26-27-29-31-33-35-37-39-41-47(51)46(45-56-57(53,54)55-44-43-49)50-48(52)42-40-38-36-34-32-30-28-25-20-18-16-14-12-10-8-6-4-2/h6,8,12,14,18,20,28,30-31,33-34,36,39,41,46-47,51H,3-5,7,9-11,13,15-17,19,21-27,29,32,35,37-38,40,42-45,49H2,1-2H3,(H,50,52)(H,53,54)/b8-6-,14-12-,20-18-,30-28-,33-31+,36-34-,41-39+. The van der Waals surface area contributed by atoms with Gasteiger partial charge in [-0.25, -0.2) is 4.57 Å². The second kappa shape index (κ2) is 43.3. The van der Waals surface area contributed by atoms with Gasteiger partial charge >= 0.3 is 7.82 Å². The first kappa shape index (κ1) is 54.7. The predicted molar refractivity (Wildman–Crippen MR) is 244 cm³/mol. The van der Waals surface area contributed by atoms with Crippen molar-refractivity contribution < 1.29 is 28.4 Å². The Kier molecular flexibility index (Phi) is 41.5. The molecule has 0 aliphatic rings. The molecule has 0 spiro atoms. The fourth-order valence-electron chi connectivity index (χ4n) is 6.06. The summed E-state index contributed by atoms with van der Waals surface area (Å²) in [6.45, 7) is 3.95. The number of aliphatic hydroxyl groups excluding tert-OH is 1. The molecule has 0 aliphatic heterocycles. The van der Waals surface area contributed by atoms with E-state index in [0.717, 1.165) is 57.8 Å². The average molecular weight is 817 g/mol. The van der Waals surface area contributed by atoms with E-state index in [0.29, 0.717) is 6.42 Å². The van der Waals surface area contributed by atoms with Crippen molar-refractivity contribution in [3.05, 3.63) is 85.1 Å².